The van der Waals surface area contributed by atoms with Gasteiger partial charge in [-0.3, -0.25) is 0 Å². The lowest BCUT2D eigenvalue weighted by Crippen LogP contribution is -2.09. The van der Waals surface area contributed by atoms with Crippen LogP contribution in [0.15, 0.2) is 24.4 Å². The van der Waals surface area contributed by atoms with Gasteiger partial charge < -0.3 is 5.32 Å². The van der Waals surface area contributed by atoms with Gasteiger partial charge in [-0.2, -0.15) is 0 Å². The highest BCUT2D eigenvalue weighted by Gasteiger charge is 2.09. The largest absolute Gasteiger partial charge is 0.339 e. The number of hydrogen-bond acceptors (Lipinski definition) is 3. The molecule has 5 heteroatoms. The smallest absolute Gasteiger partial charge is 0.224 e. The van der Waals surface area contributed by atoms with Crippen LogP contribution in [-0.2, 0) is 0 Å². The average Bonchev–Trinajstić information content (AvgIpc) is 2.35. The van der Waals surface area contributed by atoms with Crippen LogP contribution in [0.5, 0.6) is 0 Å². The van der Waals surface area contributed by atoms with Gasteiger partial charge in [-0.05, 0) is 56.2 Å². The van der Waals surface area contributed by atoms with Gasteiger partial charge in [0.2, 0.25) is 5.28 Å². The van der Waals surface area contributed by atoms with Crippen LogP contribution in [0.3, 0.4) is 0 Å². The molecule has 19 heavy (non-hydrogen) atoms. The molecule has 0 atom stereocenters. The Morgan fingerprint density at radius 1 is 1.21 bits per heavy atom. The van der Waals surface area contributed by atoms with Crippen molar-refractivity contribution in [1.82, 2.24) is 9.97 Å². The lowest BCUT2D eigenvalue weighted by atomic mass is 10.2. The molecular weight excluding hydrogens is 277 g/mol. The van der Waals surface area contributed by atoms with Gasteiger partial charge in [0, 0.05) is 17.4 Å². The fraction of sp³-hybridized carbons (Fsp3) is 0.286. The van der Waals surface area contributed by atoms with Gasteiger partial charge in [-0.1, -0.05) is 19.6 Å². The summed E-state index contributed by atoms with van der Waals surface area (Å²) in [5.41, 5.74) is 3.35. The predicted molar refractivity (Wildman–Crippen MR) is 84.6 cm³/mol. The molecule has 1 aromatic heterocycles. The molecular formula is C14H17ClN3P. The molecule has 0 aliphatic heterocycles. The number of anilines is 2. The van der Waals surface area contributed by atoms with E-state index in [4.69, 9.17) is 11.6 Å². The van der Waals surface area contributed by atoms with E-state index in [2.05, 4.69) is 53.7 Å². The van der Waals surface area contributed by atoms with Crippen LogP contribution in [0.25, 0.3) is 0 Å². The van der Waals surface area contributed by atoms with Crippen LogP contribution in [0.1, 0.15) is 11.1 Å². The molecule has 0 aliphatic carbocycles. The van der Waals surface area contributed by atoms with Crippen molar-refractivity contribution in [2.24, 2.45) is 0 Å². The molecule has 1 aromatic carbocycles. The second-order valence-corrected chi connectivity index (χ2v) is 7.32. The monoisotopic (exact) mass is 293 g/mol. The topological polar surface area (TPSA) is 37.8 Å². The number of aryl methyl sites for hydroxylation is 2. The molecule has 0 bridgehead atoms. The van der Waals surface area contributed by atoms with E-state index in [0.717, 1.165) is 17.1 Å². The minimum atomic E-state index is -0.185. The number of rotatable bonds is 3. The summed E-state index contributed by atoms with van der Waals surface area (Å²) in [4.78, 5) is 8.21. The molecule has 0 amide bonds. The summed E-state index contributed by atoms with van der Waals surface area (Å²) in [5.74, 6) is 0.766. The number of nitrogens with zero attached hydrogens (tertiary/aromatic N) is 2. The molecule has 0 radical (unpaired) electrons. The minimum Gasteiger partial charge on any atom is -0.339 e. The fourth-order valence-corrected chi connectivity index (χ4v) is 3.00. The van der Waals surface area contributed by atoms with Gasteiger partial charge in [-0.15, -0.1) is 0 Å². The Hall–Kier alpha value is -1.18. The van der Waals surface area contributed by atoms with Gasteiger partial charge in [-0.25, -0.2) is 9.97 Å². The van der Waals surface area contributed by atoms with Gasteiger partial charge in [0.1, 0.15) is 5.82 Å². The van der Waals surface area contributed by atoms with Crippen LogP contribution in [-0.4, -0.2) is 23.3 Å². The summed E-state index contributed by atoms with van der Waals surface area (Å²) in [5, 5.41) is 4.97. The summed E-state index contributed by atoms with van der Waals surface area (Å²) in [7, 11) is -0.185. The molecule has 2 aromatic rings. The third-order valence-corrected chi connectivity index (χ3v) is 4.35. The fourth-order valence-electron chi connectivity index (χ4n) is 1.79. The zero-order valence-corrected chi connectivity index (χ0v) is 13.2. The molecule has 1 N–H and O–H groups in total. The van der Waals surface area contributed by atoms with Gasteiger partial charge >= 0.3 is 0 Å². The van der Waals surface area contributed by atoms with Crippen molar-refractivity contribution >= 4 is 36.3 Å². The number of halogens is 1. The highest BCUT2D eigenvalue weighted by Crippen LogP contribution is 2.30. The van der Waals surface area contributed by atoms with Crippen LogP contribution in [0.2, 0.25) is 5.28 Å². The zero-order valence-electron chi connectivity index (χ0n) is 11.5. The van der Waals surface area contributed by atoms with E-state index in [-0.39, 0.29) is 13.2 Å². The Kier molecular flexibility index (Phi) is 4.38. The van der Waals surface area contributed by atoms with Gasteiger partial charge in [0.05, 0.1) is 0 Å². The first-order valence-corrected chi connectivity index (χ1v) is 8.63. The van der Waals surface area contributed by atoms with E-state index in [9.17, 15) is 0 Å². The van der Waals surface area contributed by atoms with Crippen molar-refractivity contribution in [2.45, 2.75) is 13.8 Å². The van der Waals surface area contributed by atoms with Crippen LogP contribution < -0.4 is 10.6 Å². The van der Waals surface area contributed by atoms with Crippen LogP contribution in [0, 0.1) is 13.8 Å². The molecule has 0 aliphatic rings. The lowest BCUT2D eigenvalue weighted by Gasteiger charge is -2.16. The number of aromatic nitrogens is 2. The molecule has 0 saturated heterocycles. The van der Waals surface area contributed by atoms with Crippen molar-refractivity contribution in [2.75, 3.05) is 18.6 Å². The Balaban J connectivity index is 2.40. The van der Waals surface area contributed by atoms with Crippen molar-refractivity contribution in [3.05, 3.63) is 40.8 Å². The normalized spacial score (nSPS) is 10.8. The van der Waals surface area contributed by atoms with E-state index < -0.39 is 0 Å². The van der Waals surface area contributed by atoms with E-state index >= 15 is 0 Å². The second kappa shape index (κ2) is 5.85. The van der Waals surface area contributed by atoms with Crippen LogP contribution in [0.4, 0.5) is 11.5 Å². The third kappa shape index (κ3) is 3.43. The predicted octanol–water partition coefficient (Wildman–Crippen LogP) is 3.86. The standard InChI is InChI=1S/C14H17ClN3P/c1-9-5-6-11(12(7-9)19(3)4)17-13-10(2)8-16-14(15)18-13/h5-8H,1-4H3,(H,16,17,18). The van der Waals surface area contributed by atoms with Crippen molar-refractivity contribution in [1.29, 1.82) is 0 Å². The second-order valence-electron chi connectivity index (χ2n) is 4.71. The Morgan fingerprint density at radius 3 is 2.63 bits per heavy atom. The first-order chi connectivity index (χ1) is 8.97. The molecule has 100 valence electrons. The highest BCUT2D eigenvalue weighted by molar-refractivity contribution is 7.64. The lowest BCUT2D eigenvalue weighted by molar-refractivity contribution is 1.13. The first-order valence-electron chi connectivity index (χ1n) is 6.01. The molecule has 0 fully saturated rings. The quantitative estimate of drug-likeness (QED) is 0.690. The maximum absolute atomic E-state index is 5.85. The maximum Gasteiger partial charge on any atom is 0.224 e. The molecule has 1 heterocycles. The highest BCUT2D eigenvalue weighted by atomic mass is 35.5. The van der Waals surface area contributed by atoms with Crippen molar-refractivity contribution in [3.8, 4) is 0 Å². The minimum absolute atomic E-state index is 0.185. The van der Waals surface area contributed by atoms with Gasteiger partial charge in [0.25, 0.3) is 0 Å². The van der Waals surface area contributed by atoms with Crippen molar-refractivity contribution in [3.63, 3.8) is 0 Å². The molecule has 0 unspecified atom stereocenters. The summed E-state index contributed by atoms with van der Waals surface area (Å²) in [6.45, 7) is 8.57. The summed E-state index contributed by atoms with van der Waals surface area (Å²) < 4.78 is 0. The maximum atomic E-state index is 5.85. The van der Waals surface area contributed by atoms with E-state index in [1.807, 2.05) is 6.92 Å². The number of hydrogen-bond donors (Lipinski definition) is 1. The Labute approximate surface area is 120 Å². The molecule has 0 saturated carbocycles. The first kappa shape index (κ1) is 14.2. The van der Waals surface area contributed by atoms with Crippen molar-refractivity contribution < 1.29 is 0 Å². The van der Waals surface area contributed by atoms with Crippen LogP contribution >= 0.6 is 19.5 Å². The van der Waals surface area contributed by atoms with Gasteiger partial charge in [0.15, 0.2) is 0 Å². The third-order valence-electron chi connectivity index (χ3n) is 2.83. The zero-order chi connectivity index (χ0) is 14.0. The molecule has 2 rings (SSSR count). The molecule has 3 nitrogen and oxygen atoms in total. The Morgan fingerprint density at radius 2 is 1.95 bits per heavy atom. The summed E-state index contributed by atoms with van der Waals surface area (Å²) >= 11 is 5.85. The van der Waals surface area contributed by atoms with E-state index in [1.54, 1.807) is 6.20 Å². The summed E-state index contributed by atoms with van der Waals surface area (Å²) in [6.07, 6.45) is 1.73. The van der Waals surface area contributed by atoms with E-state index in [0.29, 0.717) is 0 Å². The average molecular weight is 294 g/mol. The SMILES string of the molecule is Cc1ccc(Nc2nc(Cl)ncc2C)c(P(C)C)c1. The number of nitrogens with one attached hydrogen (secondary N) is 1. The molecule has 0 spiro atoms. The number of benzene rings is 1. The van der Waals surface area contributed by atoms with E-state index in [1.165, 1.54) is 10.9 Å². The summed E-state index contributed by atoms with van der Waals surface area (Å²) in [6, 6.07) is 6.43. The Bertz CT molecular complexity index is 599.